The number of esters is 1. The molecule has 3 rings (SSSR count). The Kier molecular flexibility index (Phi) is 4.99. The molecule has 1 aliphatic carbocycles. The van der Waals surface area contributed by atoms with E-state index in [0.29, 0.717) is 12.5 Å². The van der Waals surface area contributed by atoms with Gasteiger partial charge in [0.05, 0.1) is 6.61 Å². The average Bonchev–Trinajstić information content (AvgIpc) is 3.36. The van der Waals surface area contributed by atoms with Crippen molar-refractivity contribution in [2.45, 2.75) is 26.2 Å². The number of furan rings is 1. The average molecular weight is 327 g/mol. The number of carbonyl (C=O) groups excluding carboxylic acids is 2. The molecule has 2 aromatic rings. The zero-order valence-corrected chi connectivity index (χ0v) is 13.7. The number of hydrogen-bond acceptors (Lipinski definition) is 4. The van der Waals surface area contributed by atoms with Gasteiger partial charge < -0.3 is 14.5 Å². The van der Waals surface area contributed by atoms with E-state index in [-0.39, 0.29) is 12.5 Å². The third-order valence-corrected chi connectivity index (χ3v) is 4.02. The van der Waals surface area contributed by atoms with Gasteiger partial charge in [0.1, 0.15) is 17.9 Å². The molecule has 1 saturated carbocycles. The molecule has 24 heavy (non-hydrogen) atoms. The van der Waals surface area contributed by atoms with Crippen molar-refractivity contribution >= 4 is 28.9 Å². The largest absolute Gasteiger partial charge is 0.464 e. The van der Waals surface area contributed by atoms with E-state index >= 15 is 0 Å². The summed E-state index contributed by atoms with van der Waals surface area (Å²) in [6, 6.07) is 7.72. The Morgan fingerprint density at radius 3 is 2.88 bits per heavy atom. The van der Waals surface area contributed by atoms with Gasteiger partial charge in [-0.15, -0.1) is 0 Å². The Bertz CT molecular complexity index is 771. The molecule has 0 bridgehead atoms. The molecule has 1 aromatic heterocycles. The van der Waals surface area contributed by atoms with Crippen LogP contribution in [0.5, 0.6) is 0 Å². The maximum absolute atomic E-state index is 11.9. The summed E-state index contributed by atoms with van der Waals surface area (Å²) in [5.74, 6) is 0.632. The lowest BCUT2D eigenvalue weighted by atomic mass is 10.1. The van der Waals surface area contributed by atoms with Gasteiger partial charge in [0.25, 0.3) is 0 Å². The predicted molar refractivity (Wildman–Crippen MR) is 91.3 cm³/mol. The van der Waals surface area contributed by atoms with Crippen molar-refractivity contribution in [1.29, 1.82) is 0 Å². The van der Waals surface area contributed by atoms with E-state index < -0.39 is 5.97 Å². The van der Waals surface area contributed by atoms with Crippen LogP contribution in [0.15, 0.2) is 34.8 Å². The van der Waals surface area contributed by atoms with E-state index in [1.807, 2.05) is 31.2 Å². The molecular formula is C19H21NO4. The molecule has 0 unspecified atom stereocenters. The topological polar surface area (TPSA) is 68.5 Å². The third-order valence-electron chi connectivity index (χ3n) is 4.02. The van der Waals surface area contributed by atoms with Gasteiger partial charge in [0.15, 0.2) is 0 Å². The molecule has 0 atom stereocenters. The summed E-state index contributed by atoms with van der Waals surface area (Å²) in [7, 11) is 0. The maximum Gasteiger partial charge on any atom is 0.325 e. The normalized spacial score (nSPS) is 14.2. The van der Waals surface area contributed by atoms with Crippen LogP contribution in [0, 0.1) is 5.92 Å². The van der Waals surface area contributed by atoms with Crippen LogP contribution >= 0.6 is 0 Å². The van der Waals surface area contributed by atoms with Gasteiger partial charge in [-0.2, -0.15) is 0 Å². The zero-order valence-electron chi connectivity index (χ0n) is 13.7. The minimum atomic E-state index is -0.397. The number of carbonyl (C=O) groups is 2. The summed E-state index contributed by atoms with van der Waals surface area (Å²) < 4.78 is 10.9. The summed E-state index contributed by atoms with van der Waals surface area (Å²) in [6.07, 6.45) is 6.14. The quantitative estimate of drug-likeness (QED) is 0.627. The van der Waals surface area contributed by atoms with Gasteiger partial charge in [-0.3, -0.25) is 9.59 Å². The molecule has 5 heteroatoms. The molecule has 0 radical (unpaired) electrons. The monoisotopic (exact) mass is 327 g/mol. The number of aryl methyl sites for hydroxylation is 1. The van der Waals surface area contributed by atoms with Gasteiger partial charge >= 0.3 is 5.97 Å². The second kappa shape index (κ2) is 7.34. The molecule has 126 valence electrons. The number of para-hydroxylation sites is 1. The summed E-state index contributed by atoms with van der Waals surface area (Å²) >= 11 is 0. The van der Waals surface area contributed by atoms with Crippen molar-refractivity contribution in [3.8, 4) is 0 Å². The van der Waals surface area contributed by atoms with Crippen LogP contribution in [0.3, 0.4) is 0 Å². The minimum absolute atomic E-state index is 0.108. The number of nitrogens with one attached hydrogen (secondary N) is 1. The second-order valence-corrected chi connectivity index (χ2v) is 5.97. The van der Waals surface area contributed by atoms with Crippen molar-refractivity contribution in [2.24, 2.45) is 5.92 Å². The number of hydrogen-bond donors (Lipinski definition) is 1. The lowest BCUT2D eigenvalue weighted by Gasteiger charge is -2.03. The molecule has 1 fully saturated rings. The molecule has 0 saturated heterocycles. The predicted octanol–water partition coefficient (Wildman–Crippen LogP) is 3.08. The van der Waals surface area contributed by atoms with Crippen LogP contribution in [0.2, 0.25) is 0 Å². The molecule has 5 nitrogen and oxygen atoms in total. The van der Waals surface area contributed by atoms with Crippen molar-refractivity contribution in [3.05, 3.63) is 41.7 Å². The molecule has 0 aliphatic heterocycles. The van der Waals surface area contributed by atoms with E-state index in [0.717, 1.165) is 41.6 Å². The number of benzene rings is 1. The lowest BCUT2D eigenvalue weighted by molar-refractivity contribution is -0.144. The minimum Gasteiger partial charge on any atom is -0.464 e. The molecule has 1 aromatic carbocycles. The Morgan fingerprint density at radius 1 is 1.33 bits per heavy atom. The summed E-state index contributed by atoms with van der Waals surface area (Å²) in [5.41, 5.74) is 1.71. The van der Waals surface area contributed by atoms with Gasteiger partial charge in [0.2, 0.25) is 5.91 Å². The molecule has 1 heterocycles. The van der Waals surface area contributed by atoms with E-state index in [9.17, 15) is 9.59 Å². The van der Waals surface area contributed by atoms with Crippen LogP contribution in [0.4, 0.5) is 0 Å². The second-order valence-electron chi connectivity index (χ2n) is 5.97. The number of ether oxygens (including phenoxy) is 1. The SMILES string of the molecule is CCc1oc2ccccc2c1/C=C/C(=O)NCC(=O)OCC1CC1. The van der Waals surface area contributed by atoms with E-state index in [1.165, 1.54) is 6.08 Å². The van der Waals surface area contributed by atoms with Gasteiger partial charge in [-0.05, 0) is 30.9 Å². The third kappa shape index (κ3) is 4.04. The Labute approximate surface area is 140 Å². The van der Waals surface area contributed by atoms with Crippen molar-refractivity contribution in [2.75, 3.05) is 13.2 Å². The maximum atomic E-state index is 11.9. The fourth-order valence-electron chi connectivity index (χ4n) is 2.48. The Balaban J connectivity index is 1.58. The first kappa shape index (κ1) is 16.3. The van der Waals surface area contributed by atoms with Crippen molar-refractivity contribution < 1.29 is 18.7 Å². The van der Waals surface area contributed by atoms with E-state index in [1.54, 1.807) is 6.08 Å². The Hall–Kier alpha value is -2.56. The summed E-state index contributed by atoms with van der Waals surface area (Å²) in [6.45, 7) is 2.36. The highest BCUT2D eigenvalue weighted by atomic mass is 16.5. The highest BCUT2D eigenvalue weighted by Gasteiger charge is 2.22. The van der Waals surface area contributed by atoms with Crippen LogP contribution in [-0.4, -0.2) is 25.0 Å². The summed E-state index contributed by atoms with van der Waals surface area (Å²) in [4.78, 5) is 23.4. The number of fused-ring (bicyclic) bond motifs is 1. The number of rotatable bonds is 7. The van der Waals surface area contributed by atoms with Crippen LogP contribution in [-0.2, 0) is 20.7 Å². The first-order valence-electron chi connectivity index (χ1n) is 8.29. The molecule has 1 N–H and O–H groups in total. The van der Waals surface area contributed by atoms with Crippen LogP contribution in [0.1, 0.15) is 31.1 Å². The van der Waals surface area contributed by atoms with Gasteiger partial charge in [-0.1, -0.05) is 25.1 Å². The first-order valence-corrected chi connectivity index (χ1v) is 8.29. The fourth-order valence-corrected chi connectivity index (χ4v) is 2.48. The van der Waals surface area contributed by atoms with E-state index in [4.69, 9.17) is 9.15 Å². The summed E-state index contributed by atoms with van der Waals surface area (Å²) in [5, 5.41) is 3.52. The zero-order chi connectivity index (χ0) is 16.9. The lowest BCUT2D eigenvalue weighted by Crippen LogP contribution is -2.29. The molecule has 0 spiro atoms. The first-order chi connectivity index (χ1) is 11.7. The van der Waals surface area contributed by atoms with Gasteiger partial charge in [-0.25, -0.2) is 0 Å². The fraction of sp³-hybridized carbons (Fsp3) is 0.368. The highest BCUT2D eigenvalue weighted by molar-refractivity contribution is 5.97. The van der Waals surface area contributed by atoms with E-state index in [2.05, 4.69) is 5.32 Å². The van der Waals surface area contributed by atoms with Crippen LogP contribution in [0.25, 0.3) is 17.0 Å². The standard InChI is InChI=1S/C19H21NO4/c1-2-16-15(14-5-3-4-6-17(14)24-16)9-10-18(21)20-11-19(22)23-12-13-7-8-13/h3-6,9-10,13H,2,7-8,11-12H2,1H3,(H,20,21)/b10-9+. The molecule has 1 amide bonds. The molecule has 1 aliphatic rings. The highest BCUT2D eigenvalue weighted by Crippen LogP contribution is 2.29. The van der Waals surface area contributed by atoms with Crippen LogP contribution < -0.4 is 5.32 Å². The van der Waals surface area contributed by atoms with Gasteiger partial charge in [0, 0.05) is 23.4 Å². The Morgan fingerprint density at radius 2 is 2.12 bits per heavy atom. The van der Waals surface area contributed by atoms with Crippen molar-refractivity contribution in [3.63, 3.8) is 0 Å². The smallest absolute Gasteiger partial charge is 0.325 e. The molecular weight excluding hydrogens is 306 g/mol. The van der Waals surface area contributed by atoms with Crippen molar-refractivity contribution in [1.82, 2.24) is 5.32 Å². The number of amides is 1.